The fourth-order valence-corrected chi connectivity index (χ4v) is 5.36. The molecule has 2 aromatic rings. The maximum atomic E-state index is 12.9. The summed E-state index contributed by atoms with van der Waals surface area (Å²) in [6, 6.07) is 14.4. The van der Waals surface area contributed by atoms with Crippen LogP contribution < -0.4 is 10.0 Å². The van der Waals surface area contributed by atoms with Crippen LogP contribution in [-0.4, -0.2) is 37.6 Å². The molecule has 0 saturated heterocycles. The number of benzene rings is 2. The van der Waals surface area contributed by atoms with Gasteiger partial charge >= 0.3 is 12.1 Å². The van der Waals surface area contributed by atoms with Crippen molar-refractivity contribution in [3.63, 3.8) is 0 Å². The van der Waals surface area contributed by atoms with Gasteiger partial charge in [0.1, 0.15) is 0 Å². The van der Waals surface area contributed by atoms with Gasteiger partial charge in [0, 0.05) is 11.7 Å². The minimum atomic E-state index is -5.08. The summed E-state index contributed by atoms with van der Waals surface area (Å²) < 4.78 is 59.6. The molecule has 4 rings (SSSR count). The number of halogens is 3. The lowest BCUT2D eigenvalue weighted by molar-refractivity contribution is -0.192. The van der Waals surface area contributed by atoms with E-state index in [0.29, 0.717) is 11.7 Å². The number of aryl methyl sites for hydroxylation is 1. The number of aliphatic carboxylic acids is 1. The highest BCUT2D eigenvalue weighted by Gasteiger charge is 2.51. The molecule has 36 heavy (non-hydrogen) atoms. The van der Waals surface area contributed by atoms with Gasteiger partial charge in [-0.25, -0.2) is 13.2 Å². The Morgan fingerprint density at radius 1 is 1.00 bits per heavy atom. The Labute approximate surface area is 208 Å². The Balaban J connectivity index is 0.000000454. The first-order valence-electron chi connectivity index (χ1n) is 11.6. The minimum absolute atomic E-state index is 0.123. The molecule has 11 heteroatoms. The van der Waals surface area contributed by atoms with E-state index >= 15 is 0 Å². The maximum Gasteiger partial charge on any atom is 0.490 e. The van der Waals surface area contributed by atoms with E-state index in [1.807, 2.05) is 25.1 Å². The number of amides is 1. The van der Waals surface area contributed by atoms with Crippen LogP contribution in [-0.2, 0) is 25.0 Å². The Bertz CT molecular complexity index is 1190. The smallest absolute Gasteiger partial charge is 0.475 e. The van der Waals surface area contributed by atoms with Crippen molar-refractivity contribution < 1.29 is 36.3 Å². The predicted molar refractivity (Wildman–Crippen MR) is 128 cm³/mol. The molecule has 196 valence electrons. The molecule has 0 radical (unpaired) electrons. The van der Waals surface area contributed by atoms with Crippen molar-refractivity contribution in [1.29, 1.82) is 0 Å². The van der Waals surface area contributed by atoms with Gasteiger partial charge in [-0.05, 0) is 68.0 Å². The number of carboxylic acid groups (broad SMARTS) is 1. The fraction of sp³-hybridized carbons (Fsp3) is 0.440. The number of alkyl halides is 3. The van der Waals surface area contributed by atoms with E-state index in [1.54, 1.807) is 30.3 Å². The Morgan fingerprint density at radius 2 is 1.58 bits per heavy atom. The van der Waals surface area contributed by atoms with E-state index in [0.717, 1.165) is 36.8 Å². The van der Waals surface area contributed by atoms with E-state index in [1.165, 1.54) is 19.3 Å². The van der Waals surface area contributed by atoms with Crippen LogP contribution in [0, 0.1) is 6.92 Å². The molecule has 2 aliphatic carbocycles. The second-order valence-corrected chi connectivity index (χ2v) is 10.9. The first-order valence-corrected chi connectivity index (χ1v) is 13.1. The van der Waals surface area contributed by atoms with Gasteiger partial charge in [-0.2, -0.15) is 13.2 Å². The summed E-state index contributed by atoms with van der Waals surface area (Å²) >= 11 is 0. The Morgan fingerprint density at radius 3 is 2.08 bits per heavy atom. The molecule has 2 saturated carbocycles. The molecule has 2 aromatic carbocycles. The van der Waals surface area contributed by atoms with Crippen LogP contribution in [0.15, 0.2) is 53.4 Å². The summed E-state index contributed by atoms with van der Waals surface area (Å²) in [7, 11) is -3.63. The Kier molecular flexibility index (Phi) is 8.33. The monoisotopic (exact) mass is 526 g/mol. The third kappa shape index (κ3) is 6.99. The summed E-state index contributed by atoms with van der Waals surface area (Å²) in [6.45, 7) is 1.86. The zero-order valence-corrected chi connectivity index (χ0v) is 20.6. The number of anilines is 1. The minimum Gasteiger partial charge on any atom is -0.475 e. The summed E-state index contributed by atoms with van der Waals surface area (Å²) in [5.41, 5.74) is 1.91. The summed E-state index contributed by atoms with van der Waals surface area (Å²) in [6.07, 6.45) is 2.39. The highest BCUT2D eigenvalue weighted by Crippen LogP contribution is 2.49. The molecule has 1 amide bonds. The van der Waals surface area contributed by atoms with E-state index in [2.05, 4.69) is 10.0 Å². The Hall–Kier alpha value is -3.08. The van der Waals surface area contributed by atoms with E-state index < -0.39 is 27.6 Å². The first kappa shape index (κ1) is 27.5. The number of hydrogen-bond acceptors (Lipinski definition) is 4. The van der Waals surface area contributed by atoms with Gasteiger partial charge in [-0.3, -0.25) is 9.52 Å². The molecule has 2 fully saturated rings. The fourth-order valence-electron chi connectivity index (χ4n) is 4.20. The molecule has 7 nitrogen and oxygen atoms in total. The van der Waals surface area contributed by atoms with Crippen molar-refractivity contribution in [2.24, 2.45) is 0 Å². The van der Waals surface area contributed by atoms with Crippen molar-refractivity contribution in [1.82, 2.24) is 5.32 Å². The number of carboxylic acids is 1. The summed E-state index contributed by atoms with van der Waals surface area (Å²) in [5, 5.41) is 10.4. The maximum absolute atomic E-state index is 12.9. The van der Waals surface area contributed by atoms with Gasteiger partial charge in [-0.15, -0.1) is 0 Å². The number of rotatable bonds is 6. The molecule has 3 N–H and O–H groups in total. The van der Waals surface area contributed by atoms with Crippen LogP contribution in [0.4, 0.5) is 18.9 Å². The lowest BCUT2D eigenvalue weighted by atomic mass is 9.91. The van der Waals surface area contributed by atoms with Crippen LogP contribution >= 0.6 is 0 Å². The molecule has 0 unspecified atom stereocenters. The molecule has 0 aliphatic heterocycles. The first-order chi connectivity index (χ1) is 16.8. The number of carbonyl (C=O) groups is 2. The third-order valence-electron chi connectivity index (χ3n) is 6.36. The van der Waals surface area contributed by atoms with Crippen LogP contribution in [0.25, 0.3) is 0 Å². The predicted octanol–water partition coefficient (Wildman–Crippen LogP) is 4.91. The average molecular weight is 527 g/mol. The molecule has 0 aromatic heterocycles. The molecule has 0 atom stereocenters. The van der Waals surface area contributed by atoms with Crippen LogP contribution in [0.2, 0.25) is 0 Å². The van der Waals surface area contributed by atoms with Gasteiger partial charge in [0.2, 0.25) is 5.91 Å². The van der Waals surface area contributed by atoms with E-state index in [4.69, 9.17) is 9.90 Å². The number of carbonyl (C=O) groups excluding carboxylic acids is 1. The van der Waals surface area contributed by atoms with E-state index in [-0.39, 0.29) is 10.8 Å². The van der Waals surface area contributed by atoms with Crippen molar-refractivity contribution in [2.75, 3.05) is 4.72 Å². The second-order valence-electron chi connectivity index (χ2n) is 9.19. The van der Waals surface area contributed by atoms with Gasteiger partial charge in [-0.1, -0.05) is 43.5 Å². The molecule has 0 spiro atoms. The molecule has 2 aliphatic rings. The largest absolute Gasteiger partial charge is 0.490 e. The second kappa shape index (κ2) is 10.9. The normalized spacial score (nSPS) is 17.3. The molecular weight excluding hydrogens is 497 g/mol. The van der Waals surface area contributed by atoms with Gasteiger partial charge in [0.05, 0.1) is 10.3 Å². The molecule has 0 heterocycles. The van der Waals surface area contributed by atoms with Crippen molar-refractivity contribution in [3.05, 3.63) is 59.7 Å². The lowest BCUT2D eigenvalue weighted by Crippen LogP contribution is -2.42. The van der Waals surface area contributed by atoms with Crippen molar-refractivity contribution in [3.8, 4) is 0 Å². The van der Waals surface area contributed by atoms with Crippen LogP contribution in [0.3, 0.4) is 0 Å². The van der Waals surface area contributed by atoms with Gasteiger partial charge in [0.25, 0.3) is 10.0 Å². The number of sulfonamides is 1. The van der Waals surface area contributed by atoms with Crippen molar-refractivity contribution in [2.45, 2.75) is 74.4 Å². The van der Waals surface area contributed by atoms with E-state index in [9.17, 15) is 26.4 Å². The third-order valence-corrected chi connectivity index (χ3v) is 7.74. The topological polar surface area (TPSA) is 113 Å². The zero-order chi connectivity index (χ0) is 26.6. The SMILES string of the molecule is Cc1cccc(S(=O)(=O)Nc2ccc(C3(C(=O)NC4CCCCC4)CC3)cc2)c1.O=C(O)C(F)(F)F. The zero-order valence-electron chi connectivity index (χ0n) is 19.8. The van der Waals surface area contributed by atoms with Crippen LogP contribution in [0.1, 0.15) is 56.1 Å². The van der Waals surface area contributed by atoms with Gasteiger partial charge < -0.3 is 10.4 Å². The quantitative estimate of drug-likeness (QED) is 0.495. The molecular formula is C25H29F3N2O5S. The average Bonchev–Trinajstić information content (AvgIpc) is 3.62. The van der Waals surface area contributed by atoms with Crippen molar-refractivity contribution >= 4 is 27.6 Å². The van der Waals surface area contributed by atoms with Gasteiger partial charge in [0.15, 0.2) is 0 Å². The summed E-state index contributed by atoms with van der Waals surface area (Å²) in [5.74, 6) is -2.63. The summed E-state index contributed by atoms with van der Waals surface area (Å²) in [4.78, 5) is 22.0. The van der Waals surface area contributed by atoms with Crippen LogP contribution in [0.5, 0.6) is 0 Å². The highest BCUT2D eigenvalue weighted by molar-refractivity contribution is 7.92. The number of hydrogen-bond donors (Lipinski definition) is 3. The molecule has 0 bridgehead atoms. The lowest BCUT2D eigenvalue weighted by Gasteiger charge is -2.25. The highest BCUT2D eigenvalue weighted by atomic mass is 32.2. The standard InChI is InChI=1S/C23H28N2O3S.C2HF3O2/c1-17-6-5-9-21(16-17)29(27,28)25-20-12-10-18(11-13-20)23(14-15-23)22(26)24-19-7-3-2-4-8-19;3-2(4,5)1(6)7/h5-6,9-13,16,19,25H,2-4,7-8,14-15H2,1H3,(H,24,26);(H,6,7). The number of nitrogens with one attached hydrogen (secondary N) is 2.